The summed E-state index contributed by atoms with van der Waals surface area (Å²) in [6.07, 6.45) is 0. The van der Waals surface area contributed by atoms with Crippen molar-refractivity contribution in [3.05, 3.63) is 291 Å². The van der Waals surface area contributed by atoms with Gasteiger partial charge >= 0.3 is 0 Å². The second-order valence-electron chi connectivity index (χ2n) is 17.7. The minimum Gasteiger partial charge on any atom is -0.311 e. The first-order valence-electron chi connectivity index (χ1n) is 23.7. The summed E-state index contributed by atoms with van der Waals surface area (Å²) in [7, 11) is -2.86. The Hall–Kier alpha value is -8.76. The molecule has 0 N–H and O–H groups in total. The Morgan fingerprint density at radius 2 is 0.623 bits per heavy atom. The van der Waals surface area contributed by atoms with Gasteiger partial charge in [-0.05, 0) is 126 Å². The SMILES string of the molecule is c1ccc(-c2ccc(-c3ccc(N(c4ccc(-c5ccc6c(c5)[Si](c5ccccc5)(c5ccccc5)c5ccccc5N6c5ccccc5)cc4)c4cccc(-c5ccccc5)c4)cc3)cc2)cc1. The van der Waals surface area contributed by atoms with Gasteiger partial charge in [-0.15, -0.1) is 0 Å². The number of hydrogen-bond acceptors (Lipinski definition) is 2. The van der Waals surface area contributed by atoms with Gasteiger partial charge in [0.05, 0.1) is 0 Å². The van der Waals surface area contributed by atoms with Crippen molar-refractivity contribution in [3.8, 4) is 44.5 Å². The van der Waals surface area contributed by atoms with Crippen LogP contribution in [-0.2, 0) is 0 Å². The van der Waals surface area contributed by atoms with Crippen LogP contribution in [0.2, 0.25) is 0 Å². The van der Waals surface area contributed by atoms with Crippen LogP contribution in [0.5, 0.6) is 0 Å². The summed E-state index contributed by atoms with van der Waals surface area (Å²) >= 11 is 0. The van der Waals surface area contributed by atoms with Crippen molar-refractivity contribution >= 4 is 62.9 Å². The number of nitrogens with zero attached hydrogens (tertiary/aromatic N) is 2. The molecule has 0 unspecified atom stereocenters. The molecule has 69 heavy (non-hydrogen) atoms. The van der Waals surface area contributed by atoms with Crippen LogP contribution in [-0.4, -0.2) is 8.07 Å². The third-order valence-corrected chi connectivity index (χ3v) is 18.6. The zero-order chi connectivity index (χ0) is 46.0. The highest BCUT2D eigenvalue weighted by atomic mass is 28.3. The summed E-state index contributed by atoms with van der Waals surface area (Å²) in [4.78, 5) is 4.85. The fourth-order valence-corrected chi connectivity index (χ4v) is 15.6. The van der Waals surface area contributed by atoms with Crippen molar-refractivity contribution in [2.24, 2.45) is 0 Å². The second-order valence-corrected chi connectivity index (χ2v) is 21.4. The summed E-state index contributed by atoms with van der Waals surface area (Å²) in [6, 6.07) is 107. The molecule has 326 valence electrons. The molecule has 0 aliphatic carbocycles. The Bertz CT molecular complexity index is 3470. The molecule has 0 bridgehead atoms. The van der Waals surface area contributed by atoms with Crippen molar-refractivity contribution in [1.82, 2.24) is 0 Å². The van der Waals surface area contributed by atoms with E-state index in [1.54, 1.807) is 0 Å². The first kappa shape index (κ1) is 41.7. The van der Waals surface area contributed by atoms with Gasteiger partial charge in [-0.3, -0.25) is 0 Å². The molecule has 11 aromatic carbocycles. The summed E-state index contributed by atoms with van der Waals surface area (Å²) in [5.74, 6) is 0. The van der Waals surface area contributed by atoms with Crippen LogP contribution in [0.25, 0.3) is 44.5 Å². The van der Waals surface area contributed by atoms with Crippen molar-refractivity contribution in [2.75, 3.05) is 9.80 Å². The molecule has 0 fully saturated rings. The number of benzene rings is 11. The van der Waals surface area contributed by atoms with Gasteiger partial charge in [0.15, 0.2) is 8.07 Å². The smallest absolute Gasteiger partial charge is 0.184 e. The molecule has 0 saturated carbocycles. The van der Waals surface area contributed by atoms with Gasteiger partial charge in [-0.2, -0.15) is 0 Å². The maximum absolute atomic E-state index is 2.86. The summed E-state index contributed by atoms with van der Waals surface area (Å²) in [5, 5.41) is 5.50. The highest BCUT2D eigenvalue weighted by Gasteiger charge is 2.49. The Labute approximate surface area is 406 Å². The van der Waals surface area contributed by atoms with Gasteiger partial charge in [0, 0.05) is 34.1 Å². The van der Waals surface area contributed by atoms with Crippen LogP contribution in [0, 0.1) is 0 Å². The molecule has 0 atom stereocenters. The fraction of sp³-hybridized carbons (Fsp3) is 0. The third-order valence-electron chi connectivity index (χ3n) is 13.7. The molecule has 11 aromatic rings. The lowest BCUT2D eigenvalue weighted by atomic mass is 10.00. The number of fused-ring (bicyclic) bond motifs is 2. The van der Waals surface area contributed by atoms with E-state index in [1.165, 1.54) is 76.6 Å². The number of hydrogen-bond donors (Lipinski definition) is 0. The Morgan fingerprint density at radius 1 is 0.246 bits per heavy atom. The first-order chi connectivity index (χ1) is 34.2. The topological polar surface area (TPSA) is 6.48 Å². The third kappa shape index (κ3) is 7.65. The molecule has 1 heterocycles. The van der Waals surface area contributed by atoms with E-state index in [0.717, 1.165) is 22.7 Å². The minimum absolute atomic E-state index is 1.09. The lowest BCUT2D eigenvalue weighted by molar-refractivity contribution is 1.28. The molecule has 0 amide bonds. The molecule has 12 rings (SSSR count). The fourth-order valence-electron chi connectivity index (χ4n) is 10.5. The van der Waals surface area contributed by atoms with E-state index >= 15 is 0 Å². The maximum Gasteiger partial charge on any atom is 0.184 e. The van der Waals surface area contributed by atoms with Gasteiger partial charge in [0.25, 0.3) is 0 Å². The molecular formula is C66H48N2Si. The molecule has 3 heteroatoms. The number of anilines is 6. The molecule has 2 nitrogen and oxygen atoms in total. The number of rotatable bonds is 10. The lowest BCUT2D eigenvalue weighted by Gasteiger charge is -2.45. The standard InChI is InChI=1S/C66H48N2Si/c1-6-19-49(20-7-1)51-33-35-52(36-34-51)53-37-42-58(43-38-53)67(60-26-18-23-55(47-60)50-21-8-2-9-22-50)59-44-39-54(40-45-59)56-41-46-64-66(48-56)69(61-27-12-4-13-28-61,62-29-14-5-15-30-62)65-32-17-16-31-63(65)68(64)57-24-10-3-11-25-57/h1-48H. The zero-order valence-electron chi connectivity index (χ0n) is 38.1. The van der Waals surface area contributed by atoms with Crippen LogP contribution in [0.3, 0.4) is 0 Å². The van der Waals surface area contributed by atoms with Crippen molar-refractivity contribution in [2.45, 2.75) is 0 Å². The van der Waals surface area contributed by atoms with Gasteiger partial charge in [0.2, 0.25) is 0 Å². The normalized spacial score (nSPS) is 12.4. The van der Waals surface area contributed by atoms with Crippen molar-refractivity contribution in [3.63, 3.8) is 0 Å². The Kier molecular flexibility index (Phi) is 11.0. The van der Waals surface area contributed by atoms with Crippen LogP contribution >= 0.6 is 0 Å². The molecular weight excluding hydrogens is 849 g/mol. The maximum atomic E-state index is 2.51. The van der Waals surface area contributed by atoms with Crippen LogP contribution in [0.1, 0.15) is 0 Å². The molecule has 0 saturated heterocycles. The van der Waals surface area contributed by atoms with Gasteiger partial charge in [-0.25, -0.2) is 0 Å². The average Bonchev–Trinajstić information content (AvgIpc) is 3.44. The molecule has 1 aliphatic rings. The lowest BCUT2D eigenvalue weighted by Crippen LogP contribution is -2.77. The highest BCUT2D eigenvalue weighted by Crippen LogP contribution is 2.41. The van der Waals surface area contributed by atoms with Crippen LogP contribution in [0.15, 0.2) is 291 Å². The zero-order valence-corrected chi connectivity index (χ0v) is 39.1. The predicted octanol–water partition coefficient (Wildman–Crippen LogP) is 15.0. The quantitative estimate of drug-likeness (QED) is 0.126. The molecule has 1 aliphatic heterocycles. The van der Waals surface area contributed by atoms with Crippen LogP contribution in [0.4, 0.5) is 34.1 Å². The molecule has 0 radical (unpaired) electrons. The average molecular weight is 897 g/mol. The van der Waals surface area contributed by atoms with Gasteiger partial charge < -0.3 is 9.80 Å². The highest BCUT2D eigenvalue weighted by molar-refractivity contribution is 7.21. The molecule has 0 aromatic heterocycles. The van der Waals surface area contributed by atoms with Gasteiger partial charge in [0.1, 0.15) is 0 Å². The Balaban J connectivity index is 0.973. The largest absolute Gasteiger partial charge is 0.311 e. The second kappa shape index (κ2) is 18.1. The monoisotopic (exact) mass is 896 g/mol. The van der Waals surface area contributed by atoms with Crippen LogP contribution < -0.4 is 30.5 Å². The van der Waals surface area contributed by atoms with E-state index < -0.39 is 8.07 Å². The van der Waals surface area contributed by atoms with E-state index in [4.69, 9.17) is 0 Å². The Morgan fingerprint density at radius 3 is 1.17 bits per heavy atom. The van der Waals surface area contributed by atoms with E-state index in [2.05, 4.69) is 301 Å². The predicted molar refractivity (Wildman–Crippen MR) is 295 cm³/mol. The summed E-state index contributed by atoms with van der Waals surface area (Å²) in [5.41, 5.74) is 16.4. The first-order valence-corrected chi connectivity index (χ1v) is 25.7. The van der Waals surface area contributed by atoms with E-state index in [9.17, 15) is 0 Å². The van der Waals surface area contributed by atoms with E-state index in [0.29, 0.717) is 0 Å². The summed E-state index contributed by atoms with van der Waals surface area (Å²) in [6.45, 7) is 0. The number of para-hydroxylation sites is 2. The van der Waals surface area contributed by atoms with Crippen molar-refractivity contribution < 1.29 is 0 Å². The molecule has 0 spiro atoms. The van der Waals surface area contributed by atoms with E-state index in [1.807, 2.05) is 0 Å². The van der Waals surface area contributed by atoms with Crippen molar-refractivity contribution in [1.29, 1.82) is 0 Å². The van der Waals surface area contributed by atoms with E-state index in [-0.39, 0.29) is 0 Å². The summed E-state index contributed by atoms with van der Waals surface area (Å²) < 4.78 is 0. The van der Waals surface area contributed by atoms with Gasteiger partial charge in [-0.1, -0.05) is 231 Å². The minimum atomic E-state index is -2.86.